The number of aromatic nitrogens is 3. The molecule has 1 unspecified atom stereocenters. The predicted molar refractivity (Wildman–Crippen MR) is 111 cm³/mol. The van der Waals surface area contributed by atoms with E-state index in [-0.39, 0.29) is 0 Å². The van der Waals surface area contributed by atoms with Gasteiger partial charge in [-0.25, -0.2) is 9.67 Å². The van der Waals surface area contributed by atoms with Gasteiger partial charge in [0.25, 0.3) is 0 Å². The quantitative estimate of drug-likeness (QED) is 0.719. The van der Waals surface area contributed by atoms with Gasteiger partial charge in [-0.15, -0.1) is 5.10 Å². The van der Waals surface area contributed by atoms with Crippen LogP contribution in [0.2, 0.25) is 0 Å². The van der Waals surface area contributed by atoms with Crippen LogP contribution in [0.4, 0.5) is 0 Å². The van der Waals surface area contributed by atoms with E-state index in [0.717, 1.165) is 37.3 Å². The molecular formula is C22H29N5. The molecule has 0 aliphatic carbocycles. The van der Waals surface area contributed by atoms with Crippen LogP contribution in [0.15, 0.2) is 58.9 Å². The summed E-state index contributed by atoms with van der Waals surface area (Å²) in [7, 11) is 0. The van der Waals surface area contributed by atoms with E-state index < -0.39 is 0 Å². The van der Waals surface area contributed by atoms with Gasteiger partial charge >= 0.3 is 0 Å². The SMILES string of the molecule is C/C(=C\c1ccccc1)Cn1cc(CC(C)CCCC2=CN=C(N)C2)nn1. The van der Waals surface area contributed by atoms with E-state index in [0.29, 0.717) is 5.92 Å². The fraction of sp³-hybridized carbons (Fsp3) is 0.409. The van der Waals surface area contributed by atoms with E-state index in [4.69, 9.17) is 5.73 Å². The van der Waals surface area contributed by atoms with Gasteiger partial charge in [0, 0.05) is 18.8 Å². The number of nitrogens with zero attached hydrogens (tertiary/aromatic N) is 4. The first kappa shape index (κ1) is 19.1. The van der Waals surface area contributed by atoms with Gasteiger partial charge in [-0.2, -0.15) is 0 Å². The standard InChI is InChI=1S/C22H29N5/c1-17(7-6-10-20-13-22(23)24-14-20)12-21-16-27(26-25-21)15-18(2)11-19-8-4-3-5-9-19/h3-5,8-9,11,14,16-17H,6-7,10,12-13,15H2,1-2H3,(H2,23,24)/b18-11+. The molecule has 1 atom stereocenters. The van der Waals surface area contributed by atoms with Gasteiger partial charge in [0.15, 0.2) is 0 Å². The fourth-order valence-corrected chi connectivity index (χ4v) is 3.43. The van der Waals surface area contributed by atoms with Crippen molar-refractivity contribution in [3.05, 3.63) is 65.1 Å². The lowest BCUT2D eigenvalue weighted by Crippen LogP contribution is -2.08. The summed E-state index contributed by atoms with van der Waals surface area (Å²) >= 11 is 0. The van der Waals surface area contributed by atoms with Gasteiger partial charge in [0.2, 0.25) is 0 Å². The van der Waals surface area contributed by atoms with Gasteiger partial charge < -0.3 is 5.73 Å². The molecule has 2 aromatic rings. The van der Waals surface area contributed by atoms with Gasteiger partial charge in [-0.05, 0) is 43.2 Å². The van der Waals surface area contributed by atoms with Crippen LogP contribution in [0.1, 0.15) is 50.8 Å². The molecule has 0 radical (unpaired) electrons. The monoisotopic (exact) mass is 363 g/mol. The molecule has 0 spiro atoms. The molecule has 0 saturated carbocycles. The highest BCUT2D eigenvalue weighted by atomic mass is 15.4. The number of rotatable bonds is 9. The predicted octanol–water partition coefficient (Wildman–Crippen LogP) is 4.38. The van der Waals surface area contributed by atoms with Crippen molar-refractivity contribution >= 4 is 11.9 Å². The first-order chi connectivity index (χ1) is 13.1. The summed E-state index contributed by atoms with van der Waals surface area (Å²) < 4.78 is 1.93. The molecule has 1 aliphatic heterocycles. The minimum Gasteiger partial charge on any atom is -0.387 e. The lowest BCUT2D eigenvalue weighted by molar-refractivity contribution is 0.501. The Balaban J connectivity index is 1.42. The van der Waals surface area contributed by atoms with E-state index >= 15 is 0 Å². The Hall–Kier alpha value is -2.69. The average Bonchev–Trinajstić information content (AvgIpc) is 3.24. The zero-order chi connectivity index (χ0) is 19.1. The third kappa shape index (κ3) is 6.20. The highest BCUT2D eigenvalue weighted by Gasteiger charge is 2.10. The minimum atomic E-state index is 0.594. The van der Waals surface area contributed by atoms with Gasteiger partial charge in [-0.3, -0.25) is 0 Å². The molecule has 5 heteroatoms. The zero-order valence-corrected chi connectivity index (χ0v) is 16.3. The van der Waals surface area contributed by atoms with Gasteiger partial charge in [0.1, 0.15) is 5.84 Å². The molecule has 0 bridgehead atoms. The Labute approximate surface area is 161 Å². The highest BCUT2D eigenvalue weighted by Crippen LogP contribution is 2.20. The Kier molecular flexibility index (Phi) is 6.58. The maximum absolute atomic E-state index is 5.72. The maximum Gasteiger partial charge on any atom is 0.103 e. The van der Waals surface area contributed by atoms with Gasteiger partial charge in [-0.1, -0.05) is 60.5 Å². The van der Waals surface area contributed by atoms with Crippen molar-refractivity contribution in [3.63, 3.8) is 0 Å². The van der Waals surface area contributed by atoms with Crippen molar-refractivity contribution in [2.75, 3.05) is 0 Å². The van der Waals surface area contributed by atoms with Crippen LogP contribution in [-0.2, 0) is 13.0 Å². The van der Waals surface area contributed by atoms with Crippen LogP contribution in [0.5, 0.6) is 0 Å². The Morgan fingerprint density at radius 2 is 2.11 bits per heavy atom. The largest absolute Gasteiger partial charge is 0.387 e. The maximum atomic E-state index is 5.72. The van der Waals surface area contributed by atoms with E-state index in [1.54, 1.807) is 0 Å². The number of amidine groups is 1. The van der Waals surface area contributed by atoms with Crippen LogP contribution in [0.3, 0.4) is 0 Å². The molecular weight excluding hydrogens is 334 g/mol. The number of allylic oxidation sites excluding steroid dienone is 1. The fourth-order valence-electron chi connectivity index (χ4n) is 3.43. The second-order valence-corrected chi connectivity index (χ2v) is 7.59. The molecule has 142 valence electrons. The van der Waals surface area contributed by atoms with Crippen molar-refractivity contribution in [3.8, 4) is 0 Å². The summed E-state index contributed by atoms with van der Waals surface area (Å²) in [6.07, 6.45) is 11.4. The summed E-state index contributed by atoms with van der Waals surface area (Å²) in [5.41, 5.74) is 10.6. The van der Waals surface area contributed by atoms with Crippen molar-refractivity contribution in [2.45, 2.75) is 52.5 Å². The Morgan fingerprint density at radius 1 is 1.30 bits per heavy atom. The van der Waals surface area contributed by atoms with E-state index in [1.807, 2.05) is 16.9 Å². The summed E-state index contributed by atoms with van der Waals surface area (Å²) in [5, 5.41) is 8.64. The lowest BCUT2D eigenvalue weighted by atomic mass is 9.97. The number of hydrogen-bond acceptors (Lipinski definition) is 4. The third-order valence-corrected chi connectivity index (χ3v) is 4.78. The molecule has 27 heavy (non-hydrogen) atoms. The van der Waals surface area contributed by atoms with Crippen LogP contribution in [0, 0.1) is 5.92 Å². The summed E-state index contributed by atoms with van der Waals surface area (Å²) in [4.78, 5) is 4.14. The molecule has 1 aromatic heterocycles. The first-order valence-corrected chi connectivity index (χ1v) is 9.70. The minimum absolute atomic E-state index is 0.594. The van der Waals surface area contributed by atoms with Crippen molar-refractivity contribution < 1.29 is 0 Å². The zero-order valence-electron chi connectivity index (χ0n) is 16.3. The molecule has 2 heterocycles. The van der Waals surface area contributed by atoms with E-state index in [9.17, 15) is 0 Å². The number of nitrogens with two attached hydrogens (primary N) is 1. The Morgan fingerprint density at radius 3 is 2.85 bits per heavy atom. The third-order valence-electron chi connectivity index (χ3n) is 4.78. The topological polar surface area (TPSA) is 69.1 Å². The number of benzene rings is 1. The Bertz CT molecular complexity index is 829. The van der Waals surface area contributed by atoms with Crippen molar-refractivity contribution in [1.82, 2.24) is 15.0 Å². The molecule has 0 fully saturated rings. The molecule has 2 N–H and O–H groups in total. The van der Waals surface area contributed by atoms with Crippen molar-refractivity contribution in [2.24, 2.45) is 16.6 Å². The van der Waals surface area contributed by atoms with Crippen LogP contribution < -0.4 is 5.73 Å². The molecule has 5 nitrogen and oxygen atoms in total. The summed E-state index contributed by atoms with van der Waals surface area (Å²) in [6.45, 7) is 5.18. The summed E-state index contributed by atoms with van der Waals surface area (Å²) in [6, 6.07) is 10.4. The van der Waals surface area contributed by atoms with E-state index in [1.165, 1.54) is 29.6 Å². The number of aliphatic imine (C=N–C) groups is 1. The normalized spacial score (nSPS) is 15.6. The number of hydrogen-bond donors (Lipinski definition) is 1. The van der Waals surface area contributed by atoms with Gasteiger partial charge in [0.05, 0.1) is 12.2 Å². The first-order valence-electron chi connectivity index (χ1n) is 9.70. The van der Waals surface area contributed by atoms with Crippen LogP contribution in [0.25, 0.3) is 6.08 Å². The van der Waals surface area contributed by atoms with Crippen LogP contribution >= 0.6 is 0 Å². The molecule has 0 amide bonds. The molecule has 0 saturated heterocycles. The molecule has 1 aromatic carbocycles. The second-order valence-electron chi connectivity index (χ2n) is 7.59. The van der Waals surface area contributed by atoms with Crippen molar-refractivity contribution in [1.29, 1.82) is 0 Å². The highest BCUT2D eigenvalue weighted by molar-refractivity contribution is 5.85. The van der Waals surface area contributed by atoms with Crippen LogP contribution in [-0.4, -0.2) is 20.8 Å². The molecule has 3 rings (SSSR count). The average molecular weight is 364 g/mol. The van der Waals surface area contributed by atoms with E-state index in [2.05, 4.69) is 65.7 Å². The lowest BCUT2D eigenvalue weighted by Gasteiger charge is -2.09. The summed E-state index contributed by atoms with van der Waals surface area (Å²) in [5.74, 6) is 1.34. The second kappa shape index (κ2) is 9.31. The molecule has 1 aliphatic rings. The smallest absolute Gasteiger partial charge is 0.103 e.